The highest BCUT2D eigenvalue weighted by Gasteiger charge is 2.20. The molecule has 0 saturated heterocycles. The molecule has 3 N–H and O–H groups in total. The van der Waals surface area contributed by atoms with Crippen molar-refractivity contribution in [2.24, 2.45) is 5.73 Å². The van der Waals surface area contributed by atoms with Crippen molar-refractivity contribution < 1.29 is 0 Å². The molecule has 1 atom stereocenters. The minimum atomic E-state index is 0.0186. The highest BCUT2D eigenvalue weighted by atomic mass is 15.1. The van der Waals surface area contributed by atoms with Crippen LogP contribution in [0.3, 0.4) is 0 Å². The predicted octanol–water partition coefficient (Wildman–Crippen LogP) is 1.41. The van der Waals surface area contributed by atoms with Crippen LogP contribution in [-0.4, -0.2) is 22.1 Å². The number of nitrogens with two attached hydrogens (primary N) is 1. The second kappa shape index (κ2) is 4.91. The Morgan fingerprint density at radius 2 is 2.29 bits per heavy atom. The number of hydrogen-bond acceptors (Lipinski definition) is 4. The molecule has 0 spiro atoms. The zero-order valence-electron chi connectivity index (χ0n) is 8.83. The van der Waals surface area contributed by atoms with Crippen LogP contribution in [0.4, 0.5) is 5.82 Å². The Bertz CT molecular complexity index is 262. The van der Waals surface area contributed by atoms with Crippen molar-refractivity contribution in [2.45, 2.75) is 32.2 Å². The van der Waals surface area contributed by atoms with Gasteiger partial charge in [-0.25, -0.2) is 4.98 Å². The zero-order valence-corrected chi connectivity index (χ0v) is 8.83. The first-order valence-corrected chi connectivity index (χ1v) is 4.94. The summed E-state index contributed by atoms with van der Waals surface area (Å²) in [5, 5.41) is 3.35. The van der Waals surface area contributed by atoms with E-state index in [0.29, 0.717) is 6.54 Å². The van der Waals surface area contributed by atoms with E-state index in [2.05, 4.69) is 29.1 Å². The van der Waals surface area contributed by atoms with E-state index in [9.17, 15) is 0 Å². The van der Waals surface area contributed by atoms with Crippen molar-refractivity contribution >= 4 is 5.82 Å². The van der Waals surface area contributed by atoms with E-state index < -0.39 is 0 Å². The largest absolute Gasteiger partial charge is 0.364 e. The summed E-state index contributed by atoms with van der Waals surface area (Å²) in [6.45, 7) is 4.96. The first-order valence-electron chi connectivity index (χ1n) is 4.94. The topological polar surface area (TPSA) is 63.8 Å². The van der Waals surface area contributed by atoms with Gasteiger partial charge < -0.3 is 11.1 Å². The Kier molecular flexibility index (Phi) is 3.83. The average Bonchev–Trinajstić information content (AvgIpc) is 2.20. The zero-order chi connectivity index (χ0) is 10.4. The highest BCUT2D eigenvalue weighted by molar-refractivity contribution is 5.33. The number of rotatable bonds is 5. The van der Waals surface area contributed by atoms with Crippen LogP contribution in [0.1, 0.15) is 26.7 Å². The predicted molar refractivity (Wildman–Crippen MR) is 58.0 cm³/mol. The Balaban J connectivity index is 2.65. The van der Waals surface area contributed by atoms with Crippen molar-refractivity contribution in [2.75, 3.05) is 11.9 Å². The molecule has 0 aromatic carbocycles. The van der Waals surface area contributed by atoms with E-state index in [0.717, 1.165) is 18.7 Å². The molecule has 1 aromatic heterocycles. The van der Waals surface area contributed by atoms with E-state index in [-0.39, 0.29) is 5.54 Å². The monoisotopic (exact) mass is 194 g/mol. The van der Waals surface area contributed by atoms with Gasteiger partial charge in [-0.2, -0.15) is 0 Å². The molecule has 0 saturated carbocycles. The van der Waals surface area contributed by atoms with Gasteiger partial charge in [0.05, 0.1) is 6.20 Å². The second-order valence-electron chi connectivity index (χ2n) is 3.67. The summed E-state index contributed by atoms with van der Waals surface area (Å²) in [6, 6.07) is 0. The summed E-state index contributed by atoms with van der Waals surface area (Å²) in [7, 11) is 0. The Hall–Kier alpha value is -1.16. The molecule has 0 radical (unpaired) electrons. The van der Waals surface area contributed by atoms with Gasteiger partial charge in [0.1, 0.15) is 5.82 Å². The van der Waals surface area contributed by atoms with Gasteiger partial charge in [0.25, 0.3) is 0 Å². The van der Waals surface area contributed by atoms with Crippen molar-refractivity contribution in [1.29, 1.82) is 0 Å². The standard InChI is InChI=1S/C10H18N4/c1-3-10(2,4-5-11)14-9-8-12-6-7-13-9/h6-8H,3-5,11H2,1-2H3,(H,13,14). The van der Waals surface area contributed by atoms with E-state index in [1.165, 1.54) is 0 Å². The minimum Gasteiger partial charge on any atom is -0.364 e. The van der Waals surface area contributed by atoms with E-state index in [1.54, 1.807) is 18.6 Å². The third-order valence-corrected chi connectivity index (χ3v) is 2.47. The number of nitrogens with one attached hydrogen (secondary N) is 1. The highest BCUT2D eigenvalue weighted by Crippen LogP contribution is 2.18. The van der Waals surface area contributed by atoms with Crippen LogP contribution in [0.15, 0.2) is 18.6 Å². The molecule has 1 rings (SSSR count). The Labute approximate surface area is 85.0 Å². The van der Waals surface area contributed by atoms with Crippen molar-refractivity contribution in [3.63, 3.8) is 0 Å². The van der Waals surface area contributed by atoms with Gasteiger partial charge in [-0.1, -0.05) is 6.92 Å². The van der Waals surface area contributed by atoms with Crippen molar-refractivity contribution in [1.82, 2.24) is 9.97 Å². The van der Waals surface area contributed by atoms with Crippen LogP contribution in [0, 0.1) is 0 Å². The quantitative estimate of drug-likeness (QED) is 0.743. The number of aromatic nitrogens is 2. The molecule has 1 heterocycles. The summed E-state index contributed by atoms with van der Waals surface area (Å²) in [4.78, 5) is 8.19. The first-order chi connectivity index (χ1) is 6.70. The maximum atomic E-state index is 5.57. The van der Waals surface area contributed by atoms with Crippen LogP contribution in [0.5, 0.6) is 0 Å². The summed E-state index contributed by atoms with van der Waals surface area (Å²) in [5.41, 5.74) is 5.59. The fraction of sp³-hybridized carbons (Fsp3) is 0.600. The van der Waals surface area contributed by atoms with Gasteiger partial charge in [-0.15, -0.1) is 0 Å². The molecule has 0 aliphatic carbocycles. The summed E-state index contributed by atoms with van der Waals surface area (Å²) < 4.78 is 0. The SMILES string of the molecule is CCC(C)(CCN)Nc1cnccn1. The van der Waals surface area contributed by atoms with Gasteiger partial charge in [0.15, 0.2) is 0 Å². The third-order valence-electron chi connectivity index (χ3n) is 2.47. The molecule has 0 fully saturated rings. The molecule has 1 unspecified atom stereocenters. The second-order valence-corrected chi connectivity index (χ2v) is 3.67. The number of nitrogens with zero attached hydrogens (tertiary/aromatic N) is 2. The Morgan fingerprint density at radius 3 is 2.79 bits per heavy atom. The van der Waals surface area contributed by atoms with Gasteiger partial charge >= 0.3 is 0 Å². The molecular weight excluding hydrogens is 176 g/mol. The van der Waals surface area contributed by atoms with Crippen molar-refractivity contribution in [3.05, 3.63) is 18.6 Å². The van der Waals surface area contributed by atoms with Crippen LogP contribution in [0.2, 0.25) is 0 Å². The van der Waals surface area contributed by atoms with Crippen LogP contribution < -0.4 is 11.1 Å². The lowest BCUT2D eigenvalue weighted by molar-refractivity contribution is 0.461. The number of anilines is 1. The molecule has 0 amide bonds. The van der Waals surface area contributed by atoms with Gasteiger partial charge in [0, 0.05) is 17.9 Å². The normalized spacial score (nSPS) is 14.8. The summed E-state index contributed by atoms with van der Waals surface area (Å²) in [6.07, 6.45) is 7.02. The molecule has 0 aliphatic heterocycles. The molecule has 14 heavy (non-hydrogen) atoms. The lowest BCUT2D eigenvalue weighted by atomic mass is 9.94. The lowest BCUT2D eigenvalue weighted by Crippen LogP contribution is -2.36. The summed E-state index contributed by atoms with van der Waals surface area (Å²) >= 11 is 0. The maximum absolute atomic E-state index is 5.57. The smallest absolute Gasteiger partial charge is 0.144 e. The minimum absolute atomic E-state index is 0.0186. The molecule has 4 heteroatoms. The van der Waals surface area contributed by atoms with Gasteiger partial charge in [-0.3, -0.25) is 4.98 Å². The van der Waals surface area contributed by atoms with E-state index in [4.69, 9.17) is 5.73 Å². The average molecular weight is 194 g/mol. The van der Waals surface area contributed by atoms with Crippen LogP contribution in [0.25, 0.3) is 0 Å². The molecule has 0 bridgehead atoms. The Morgan fingerprint density at radius 1 is 1.50 bits per heavy atom. The third kappa shape index (κ3) is 2.96. The fourth-order valence-electron chi connectivity index (χ4n) is 1.32. The van der Waals surface area contributed by atoms with Gasteiger partial charge in [-0.05, 0) is 26.3 Å². The van der Waals surface area contributed by atoms with E-state index in [1.807, 2.05) is 0 Å². The van der Waals surface area contributed by atoms with Crippen molar-refractivity contribution in [3.8, 4) is 0 Å². The maximum Gasteiger partial charge on any atom is 0.144 e. The molecule has 4 nitrogen and oxygen atoms in total. The first kappa shape index (κ1) is 10.9. The molecular formula is C10H18N4. The molecule has 0 aliphatic rings. The summed E-state index contributed by atoms with van der Waals surface area (Å²) in [5.74, 6) is 0.810. The van der Waals surface area contributed by atoms with Crippen LogP contribution in [-0.2, 0) is 0 Å². The lowest BCUT2D eigenvalue weighted by Gasteiger charge is -2.29. The van der Waals surface area contributed by atoms with E-state index >= 15 is 0 Å². The molecule has 78 valence electrons. The molecule has 1 aromatic rings. The number of hydrogen-bond donors (Lipinski definition) is 2. The fourth-order valence-corrected chi connectivity index (χ4v) is 1.32. The van der Waals surface area contributed by atoms with Crippen LogP contribution >= 0.6 is 0 Å². The van der Waals surface area contributed by atoms with Gasteiger partial charge in [0.2, 0.25) is 0 Å².